The predicted molar refractivity (Wildman–Crippen MR) is 78.5 cm³/mol. The average molecular weight is 357 g/mol. The molecule has 0 aliphatic heterocycles. The van der Waals surface area contributed by atoms with Crippen molar-refractivity contribution in [3.63, 3.8) is 0 Å². The number of nitrogen functional groups attached to an aromatic ring is 1. The highest BCUT2D eigenvalue weighted by atomic mass is 79.9. The van der Waals surface area contributed by atoms with Crippen LogP contribution in [0.15, 0.2) is 39.3 Å². The van der Waals surface area contributed by atoms with Crippen LogP contribution in [-0.2, 0) is 0 Å². The van der Waals surface area contributed by atoms with Crippen molar-refractivity contribution in [2.45, 2.75) is 6.92 Å². The Morgan fingerprint density at radius 2 is 1.94 bits per heavy atom. The number of aryl methyl sites for hydroxylation is 1. The van der Waals surface area contributed by atoms with E-state index in [2.05, 4.69) is 42.2 Å². The molecule has 3 nitrogen and oxygen atoms in total. The van der Waals surface area contributed by atoms with E-state index in [1.807, 2.05) is 37.3 Å². The number of pyridine rings is 1. The van der Waals surface area contributed by atoms with Gasteiger partial charge in [0, 0.05) is 14.6 Å². The highest BCUT2D eigenvalue weighted by Gasteiger charge is 2.05. The fraction of sp³-hybridized carbons (Fsp3) is 0.0833. The van der Waals surface area contributed by atoms with Crippen LogP contribution < -0.4 is 11.1 Å². The Bertz CT molecular complexity index is 506. The van der Waals surface area contributed by atoms with Gasteiger partial charge in [-0.3, -0.25) is 0 Å². The minimum atomic E-state index is 0.627. The molecule has 0 saturated carbocycles. The highest BCUT2D eigenvalue weighted by Crippen LogP contribution is 2.30. The largest absolute Gasteiger partial charge is 0.396 e. The molecule has 0 fully saturated rings. The van der Waals surface area contributed by atoms with Crippen LogP contribution in [0.1, 0.15) is 5.69 Å². The van der Waals surface area contributed by atoms with Gasteiger partial charge in [-0.2, -0.15) is 0 Å². The molecule has 5 heteroatoms. The molecular formula is C12H11Br2N3. The van der Waals surface area contributed by atoms with Gasteiger partial charge < -0.3 is 11.1 Å². The van der Waals surface area contributed by atoms with Crippen LogP contribution in [0.4, 0.5) is 17.2 Å². The van der Waals surface area contributed by atoms with E-state index in [4.69, 9.17) is 5.73 Å². The van der Waals surface area contributed by atoms with E-state index in [-0.39, 0.29) is 0 Å². The first-order valence-electron chi connectivity index (χ1n) is 5.01. The highest BCUT2D eigenvalue weighted by molar-refractivity contribution is 9.11. The molecule has 0 unspecified atom stereocenters. The number of aromatic nitrogens is 1. The Labute approximate surface area is 117 Å². The quantitative estimate of drug-likeness (QED) is 0.846. The van der Waals surface area contributed by atoms with Crippen molar-refractivity contribution >= 4 is 49.1 Å². The fourth-order valence-electron chi connectivity index (χ4n) is 1.39. The van der Waals surface area contributed by atoms with E-state index in [0.29, 0.717) is 11.5 Å². The first kappa shape index (κ1) is 12.4. The van der Waals surface area contributed by atoms with Crippen molar-refractivity contribution in [2.24, 2.45) is 0 Å². The molecule has 3 N–H and O–H groups in total. The first-order valence-corrected chi connectivity index (χ1v) is 6.60. The molecule has 0 saturated heterocycles. The number of benzene rings is 1. The standard InChI is InChI=1S/C12H11Br2N3/c1-7-2-5-10(15)12(16-7)17-11-6-8(13)3-4-9(11)14/h2-6H,15H2,1H3,(H,16,17). The lowest BCUT2D eigenvalue weighted by molar-refractivity contribution is 1.20. The van der Waals surface area contributed by atoms with Crippen LogP contribution in [0.5, 0.6) is 0 Å². The molecule has 0 amide bonds. The van der Waals surface area contributed by atoms with Crippen LogP contribution >= 0.6 is 31.9 Å². The van der Waals surface area contributed by atoms with Crippen molar-refractivity contribution < 1.29 is 0 Å². The monoisotopic (exact) mass is 355 g/mol. The zero-order valence-electron chi connectivity index (χ0n) is 9.17. The summed E-state index contributed by atoms with van der Waals surface area (Å²) >= 11 is 6.91. The second kappa shape index (κ2) is 5.06. The Morgan fingerprint density at radius 1 is 1.18 bits per heavy atom. The summed E-state index contributed by atoms with van der Waals surface area (Å²) in [5.41, 5.74) is 8.35. The SMILES string of the molecule is Cc1ccc(N)c(Nc2cc(Br)ccc2Br)n1. The van der Waals surface area contributed by atoms with Crippen molar-refractivity contribution in [1.82, 2.24) is 4.98 Å². The van der Waals surface area contributed by atoms with Crippen LogP contribution in [0.2, 0.25) is 0 Å². The molecule has 0 bridgehead atoms. The van der Waals surface area contributed by atoms with E-state index < -0.39 is 0 Å². The molecule has 1 heterocycles. The van der Waals surface area contributed by atoms with E-state index in [9.17, 15) is 0 Å². The minimum Gasteiger partial charge on any atom is -0.396 e. The van der Waals surface area contributed by atoms with Crippen molar-refractivity contribution in [2.75, 3.05) is 11.1 Å². The molecule has 2 rings (SSSR count). The summed E-state index contributed by atoms with van der Waals surface area (Å²) in [6.07, 6.45) is 0. The lowest BCUT2D eigenvalue weighted by atomic mass is 10.3. The molecule has 1 aromatic heterocycles. The number of anilines is 3. The van der Waals surface area contributed by atoms with Crippen LogP contribution in [0.3, 0.4) is 0 Å². The van der Waals surface area contributed by atoms with Gasteiger partial charge in [-0.25, -0.2) is 4.98 Å². The summed E-state index contributed by atoms with van der Waals surface area (Å²) in [5.74, 6) is 0.670. The average Bonchev–Trinajstić information content (AvgIpc) is 2.28. The van der Waals surface area contributed by atoms with Gasteiger partial charge in [0.15, 0.2) is 5.82 Å². The van der Waals surface area contributed by atoms with Gasteiger partial charge in [-0.15, -0.1) is 0 Å². The minimum absolute atomic E-state index is 0.627. The van der Waals surface area contributed by atoms with Crippen molar-refractivity contribution in [1.29, 1.82) is 0 Å². The second-order valence-electron chi connectivity index (χ2n) is 3.64. The van der Waals surface area contributed by atoms with E-state index in [1.54, 1.807) is 0 Å². The molecule has 1 aromatic carbocycles. The third kappa shape index (κ3) is 2.98. The van der Waals surface area contributed by atoms with Gasteiger partial charge in [0.2, 0.25) is 0 Å². The Kier molecular flexibility index (Phi) is 3.69. The van der Waals surface area contributed by atoms with Gasteiger partial charge >= 0.3 is 0 Å². The van der Waals surface area contributed by atoms with Crippen LogP contribution in [0.25, 0.3) is 0 Å². The van der Waals surface area contributed by atoms with Crippen molar-refractivity contribution in [3.8, 4) is 0 Å². The number of hydrogen-bond donors (Lipinski definition) is 2. The number of halogens is 2. The number of nitrogens with one attached hydrogen (secondary N) is 1. The third-order valence-corrected chi connectivity index (χ3v) is 3.43. The summed E-state index contributed by atoms with van der Waals surface area (Å²) in [5, 5.41) is 3.21. The maximum Gasteiger partial charge on any atom is 0.153 e. The Balaban J connectivity index is 2.37. The summed E-state index contributed by atoms with van der Waals surface area (Å²) < 4.78 is 1.96. The summed E-state index contributed by atoms with van der Waals surface area (Å²) in [4.78, 5) is 4.37. The molecule has 0 radical (unpaired) electrons. The molecular weight excluding hydrogens is 346 g/mol. The topological polar surface area (TPSA) is 50.9 Å². The van der Waals surface area contributed by atoms with Gasteiger partial charge in [0.25, 0.3) is 0 Å². The molecule has 0 aliphatic rings. The van der Waals surface area contributed by atoms with Crippen LogP contribution in [-0.4, -0.2) is 4.98 Å². The lowest BCUT2D eigenvalue weighted by Crippen LogP contribution is -2.00. The molecule has 0 aliphatic carbocycles. The van der Waals surface area contributed by atoms with Gasteiger partial charge in [-0.1, -0.05) is 15.9 Å². The summed E-state index contributed by atoms with van der Waals surface area (Å²) in [6.45, 7) is 1.93. The Hall–Kier alpha value is -1.07. The van der Waals surface area contributed by atoms with Crippen molar-refractivity contribution in [3.05, 3.63) is 45.0 Å². The zero-order chi connectivity index (χ0) is 12.4. The molecule has 17 heavy (non-hydrogen) atoms. The second-order valence-corrected chi connectivity index (χ2v) is 5.41. The number of nitrogens with zero attached hydrogens (tertiary/aromatic N) is 1. The maximum atomic E-state index is 5.87. The Morgan fingerprint density at radius 3 is 2.71 bits per heavy atom. The fourth-order valence-corrected chi connectivity index (χ4v) is 2.10. The van der Waals surface area contributed by atoms with Gasteiger partial charge in [0.1, 0.15) is 0 Å². The van der Waals surface area contributed by atoms with E-state index >= 15 is 0 Å². The molecule has 2 aromatic rings. The third-order valence-electron chi connectivity index (χ3n) is 2.25. The smallest absolute Gasteiger partial charge is 0.153 e. The zero-order valence-corrected chi connectivity index (χ0v) is 12.3. The summed E-state index contributed by atoms with van der Waals surface area (Å²) in [6, 6.07) is 9.61. The number of nitrogens with two attached hydrogens (primary N) is 1. The molecule has 88 valence electrons. The van der Waals surface area contributed by atoms with Gasteiger partial charge in [-0.05, 0) is 53.2 Å². The van der Waals surface area contributed by atoms with Crippen LogP contribution in [0, 0.1) is 6.92 Å². The van der Waals surface area contributed by atoms with Gasteiger partial charge in [0.05, 0.1) is 11.4 Å². The maximum absolute atomic E-state index is 5.87. The first-order chi connectivity index (χ1) is 8.06. The number of rotatable bonds is 2. The normalized spacial score (nSPS) is 10.3. The molecule has 0 atom stereocenters. The summed E-state index contributed by atoms with van der Waals surface area (Å²) in [7, 11) is 0. The lowest BCUT2D eigenvalue weighted by Gasteiger charge is -2.11. The number of hydrogen-bond acceptors (Lipinski definition) is 3. The predicted octanol–water partition coefficient (Wildman–Crippen LogP) is 4.24. The van der Waals surface area contributed by atoms with E-state index in [0.717, 1.165) is 20.3 Å². The molecule has 0 spiro atoms. The van der Waals surface area contributed by atoms with E-state index in [1.165, 1.54) is 0 Å².